The molecule has 0 aromatic carbocycles. The Morgan fingerprint density at radius 3 is 2.71 bits per heavy atom. The van der Waals surface area contributed by atoms with Gasteiger partial charge in [-0.25, -0.2) is 0 Å². The lowest BCUT2D eigenvalue weighted by Gasteiger charge is -2.19. The number of hydrogen-bond donors (Lipinski definition) is 1. The van der Waals surface area contributed by atoms with Crippen LogP contribution < -0.4 is 5.32 Å². The lowest BCUT2D eigenvalue weighted by atomic mass is 10.1. The van der Waals surface area contributed by atoms with E-state index in [1.165, 1.54) is 14.0 Å². The van der Waals surface area contributed by atoms with E-state index in [9.17, 15) is 14.4 Å². The number of amides is 1. The molecule has 0 aliphatic carbocycles. The first-order chi connectivity index (χ1) is 12.6. The molecule has 21 heavy (non-hydrogen) atoms. The van der Waals surface area contributed by atoms with Gasteiger partial charge in [0.05, 0.1) is 6.04 Å². The molecule has 0 aromatic heterocycles. The van der Waals surface area contributed by atoms with Gasteiger partial charge in [0.2, 0.25) is 16.8 Å². The van der Waals surface area contributed by atoms with Gasteiger partial charge >= 0.3 is 6.21 Å². The summed E-state index contributed by atoms with van der Waals surface area (Å²) in [5.41, 5.74) is 8.33. The number of nitrogens with zero attached hydrogens (tertiary/aromatic N) is 2. The molecule has 0 heterocycles. The summed E-state index contributed by atoms with van der Waals surface area (Å²) >= 11 is -0.252. The highest BCUT2D eigenvalue weighted by atomic mass is 32.2. The zero-order chi connectivity index (χ0) is 22.3. The maximum Gasteiger partial charge on any atom is 0.323 e. The minimum absolute atomic E-state index is 0.252. The van der Waals surface area contributed by atoms with Crippen LogP contribution in [0.5, 0.6) is 0 Å². The Bertz CT molecular complexity index is 633. The third-order valence-electron chi connectivity index (χ3n) is 2.41. The first-order valence-corrected chi connectivity index (χ1v) is 6.68. The Labute approximate surface area is 138 Å². The summed E-state index contributed by atoms with van der Waals surface area (Å²) < 4.78 is 56.8. The highest BCUT2D eigenvalue weighted by Crippen LogP contribution is 2.16. The number of carbonyl (C=O) groups is 3. The predicted molar refractivity (Wildman–Crippen MR) is 80.1 cm³/mol. The average Bonchev–Trinajstić information content (AvgIpc) is 2.55. The van der Waals surface area contributed by atoms with Crippen LogP contribution in [-0.2, 0) is 19.1 Å². The van der Waals surface area contributed by atoms with Gasteiger partial charge in [-0.3, -0.25) is 14.4 Å². The molecule has 0 radical (unpaired) electrons. The van der Waals surface area contributed by atoms with Crippen molar-refractivity contribution in [2.45, 2.75) is 50.8 Å². The third kappa shape index (κ3) is 8.39. The molecule has 0 unspecified atom stereocenters. The fraction of sp³-hybridized carbons (Fsp3) is 0.692. The van der Waals surface area contributed by atoms with E-state index in [2.05, 4.69) is 10.1 Å². The monoisotopic (exact) mass is 322 g/mol. The number of thioether (sulfide) groups is 1. The van der Waals surface area contributed by atoms with E-state index in [0.29, 0.717) is 6.21 Å². The molecule has 1 amide bonds. The number of methoxy groups -OCH3 is 1. The molecule has 0 saturated carbocycles. The Hall–Kier alpha value is -1.50. The quantitative estimate of drug-likeness (QED) is 0.384. The summed E-state index contributed by atoms with van der Waals surface area (Å²) in [6.45, 7) is -5.31. The molecule has 0 fully saturated rings. The van der Waals surface area contributed by atoms with Crippen LogP contribution in [0.2, 0.25) is 0 Å². The van der Waals surface area contributed by atoms with Crippen LogP contribution in [0.1, 0.15) is 43.1 Å². The van der Waals surface area contributed by atoms with Crippen molar-refractivity contribution in [1.29, 1.82) is 0 Å². The molecule has 8 heteroatoms. The fourth-order valence-electron chi connectivity index (χ4n) is 1.23. The van der Waals surface area contributed by atoms with Gasteiger partial charge < -0.3 is 15.6 Å². The zero-order valence-corrected chi connectivity index (χ0v) is 12.4. The van der Waals surface area contributed by atoms with E-state index in [4.69, 9.17) is 19.9 Å². The van der Waals surface area contributed by atoms with E-state index >= 15 is 0 Å². The molecule has 1 N–H and O–H groups in total. The lowest BCUT2D eigenvalue weighted by Crippen LogP contribution is -2.45. The van der Waals surface area contributed by atoms with Crippen molar-refractivity contribution >= 4 is 34.8 Å². The second kappa shape index (κ2) is 10.3. The Kier molecular flexibility index (Phi) is 5.01. The molecule has 0 aliphatic heterocycles. The Balaban J connectivity index is 5.66. The SMILES string of the molecule is [2H]C([2H])([2H])C([2H])(SC(=O)[C@H](CCC(=O)C=[N+]=[N-])NC(=O)[C@H](C)OC)C([2H])([2H])[2H]. The molecule has 0 bridgehead atoms. The van der Waals surface area contributed by atoms with Gasteiger partial charge in [-0.2, -0.15) is 4.79 Å². The van der Waals surface area contributed by atoms with Crippen LogP contribution in [0.3, 0.4) is 0 Å². The normalized spacial score (nSPS) is 19.8. The molecule has 0 aromatic rings. The highest BCUT2D eigenvalue weighted by molar-refractivity contribution is 8.14. The largest absolute Gasteiger partial charge is 0.372 e. The number of carbonyl (C=O) groups excluding carboxylic acids is 3. The minimum Gasteiger partial charge on any atom is -0.372 e. The molecule has 0 spiro atoms. The number of ketones is 1. The number of ether oxygens (including phenoxy) is 1. The summed E-state index contributed by atoms with van der Waals surface area (Å²) in [6.07, 6.45) is -1.11. The molecule has 118 valence electrons. The average molecular weight is 322 g/mol. The molecule has 7 nitrogen and oxygen atoms in total. The van der Waals surface area contributed by atoms with E-state index in [-0.39, 0.29) is 24.6 Å². The summed E-state index contributed by atoms with van der Waals surface area (Å²) in [4.78, 5) is 38.6. The first-order valence-electron chi connectivity index (χ1n) is 9.37. The van der Waals surface area contributed by atoms with Gasteiger partial charge in [0, 0.05) is 28.4 Å². The standard InChI is InChI=1S/C13H21N3O4S/c1-8(2)21-13(19)11(6-5-10(17)7-15-14)16-12(18)9(3)20-4/h7-9,11H,5-6H2,1-4H3,(H,16,18)/t9-,11-/m0/s1/i1D3,2D3,8D. The molecule has 0 rings (SSSR count). The van der Waals surface area contributed by atoms with Crippen LogP contribution in [-0.4, -0.2) is 52.3 Å². The maximum absolute atomic E-state index is 12.6. The Morgan fingerprint density at radius 1 is 1.52 bits per heavy atom. The van der Waals surface area contributed by atoms with E-state index in [1.54, 1.807) is 0 Å². The third-order valence-corrected chi connectivity index (χ3v) is 3.10. The van der Waals surface area contributed by atoms with Crippen LogP contribution >= 0.6 is 11.8 Å². The fourth-order valence-corrected chi connectivity index (χ4v) is 1.75. The van der Waals surface area contributed by atoms with Crippen molar-refractivity contribution in [3.63, 3.8) is 0 Å². The van der Waals surface area contributed by atoms with Crippen molar-refractivity contribution < 1.29 is 33.5 Å². The molecule has 0 saturated heterocycles. The molecule has 2 atom stereocenters. The number of Topliss-reactive ketones (excluding diaryl/α,β-unsaturated/α-hetero) is 1. The summed E-state index contributed by atoms with van der Waals surface area (Å²) in [5.74, 6) is -1.45. The van der Waals surface area contributed by atoms with Gasteiger partial charge in [-0.1, -0.05) is 25.5 Å². The zero-order valence-electron chi connectivity index (χ0n) is 18.6. The van der Waals surface area contributed by atoms with Crippen molar-refractivity contribution in [2.75, 3.05) is 7.11 Å². The summed E-state index contributed by atoms with van der Waals surface area (Å²) in [5, 5.41) is -2.05. The van der Waals surface area contributed by atoms with Gasteiger partial charge in [0.15, 0.2) is 0 Å². The van der Waals surface area contributed by atoms with Crippen LogP contribution in [0, 0.1) is 0 Å². The first kappa shape index (κ1) is 10.3. The predicted octanol–water partition coefficient (Wildman–Crippen LogP) is 0.824. The van der Waals surface area contributed by atoms with Crippen molar-refractivity contribution in [3.05, 3.63) is 5.53 Å². The summed E-state index contributed by atoms with van der Waals surface area (Å²) in [7, 11) is 1.23. The molecular formula is C13H21N3O4S. The van der Waals surface area contributed by atoms with E-state index in [0.717, 1.165) is 0 Å². The molecular weight excluding hydrogens is 294 g/mol. The van der Waals surface area contributed by atoms with Crippen LogP contribution in [0.25, 0.3) is 5.53 Å². The highest BCUT2D eigenvalue weighted by Gasteiger charge is 2.25. The maximum atomic E-state index is 12.6. The lowest BCUT2D eigenvalue weighted by molar-refractivity contribution is -0.132. The second-order valence-electron chi connectivity index (χ2n) is 3.94. The van der Waals surface area contributed by atoms with E-state index < -0.39 is 47.9 Å². The van der Waals surface area contributed by atoms with Crippen molar-refractivity contribution in [3.8, 4) is 0 Å². The van der Waals surface area contributed by atoms with Crippen molar-refractivity contribution in [2.24, 2.45) is 0 Å². The minimum atomic E-state index is -3.34. The number of hydrogen-bond acceptors (Lipinski definition) is 5. The van der Waals surface area contributed by atoms with Gasteiger partial charge in [-0.15, -0.1) is 0 Å². The number of nitrogens with one attached hydrogen (secondary N) is 1. The van der Waals surface area contributed by atoms with Gasteiger partial charge in [0.25, 0.3) is 0 Å². The van der Waals surface area contributed by atoms with Gasteiger partial charge in [0.1, 0.15) is 6.10 Å². The van der Waals surface area contributed by atoms with Crippen molar-refractivity contribution in [1.82, 2.24) is 5.32 Å². The number of rotatable bonds is 9. The van der Waals surface area contributed by atoms with Crippen LogP contribution in [0.4, 0.5) is 0 Å². The van der Waals surface area contributed by atoms with Gasteiger partial charge in [-0.05, 0) is 13.3 Å². The van der Waals surface area contributed by atoms with E-state index in [1.807, 2.05) is 0 Å². The topological polar surface area (TPSA) is 109 Å². The summed E-state index contributed by atoms with van der Waals surface area (Å²) in [6, 6.07) is -1.47. The van der Waals surface area contributed by atoms with Crippen LogP contribution in [0.15, 0.2) is 0 Å². The second-order valence-corrected chi connectivity index (χ2v) is 4.95. The molecule has 0 aliphatic rings. The Morgan fingerprint density at radius 2 is 2.19 bits per heavy atom. The smallest absolute Gasteiger partial charge is 0.323 e.